The van der Waals surface area contributed by atoms with Crippen LogP contribution in [-0.4, -0.2) is 21.4 Å². The summed E-state index contributed by atoms with van der Waals surface area (Å²) >= 11 is 6.07. The number of benzene rings is 2. The van der Waals surface area contributed by atoms with Crippen molar-refractivity contribution < 1.29 is 0 Å². The predicted molar refractivity (Wildman–Crippen MR) is 106 cm³/mol. The Hall–Kier alpha value is -2.23. The van der Waals surface area contributed by atoms with Crippen molar-refractivity contribution in [2.75, 3.05) is 6.54 Å². The molecule has 4 rings (SSSR count). The first-order valence-corrected chi connectivity index (χ1v) is 9.51. The summed E-state index contributed by atoms with van der Waals surface area (Å²) in [5.74, 6) is 0.921. The molecule has 0 aliphatic carbocycles. The van der Waals surface area contributed by atoms with Crippen molar-refractivity contribution in [3.8, 4) is 11.3 Å². The Kier molecular flexibility index (Phi) is 5.00. The van der Waals surface area contributed by atoms with E-state index in [9.17, 15) is 0 Å². The van der Waals surface area contributed by atoms with Crippen molar-refractivity contribution in [1.82, 2.24) is 14.9 Å². The fraction of sp³-hybridized carbons (Fsp3) is 0.273. The number of aryl methyl sites for hydroxylation is 1. The van der Waals surface area contributed by atoms with Gasteiger partial charge in [0.2, 0.25) is 0 Å². The standard InChI is InChI=1S/C22H22ClN3/c1-2-21-24-20-12-13-26(14-16-6-4-3-5-7-16)15-19(20)22(25-21)17-8-10-18(23)11-9-17/h3-11H,2,12-15H2,1H3. The third-order valence-corrected chi connectivity index (χ3v) is 5.12. The van der Waals surface area contributed by atoms with Crippen LogP contribution >= 0.6 is 11.6 Å². The van der Waals surface area contributed by atoms with Crippen LogP contribution in [0, 0.1) is 0 Å². The van der Waals surface area contributed by atoms with Crippen molar-refractivity contribution in [3.63, 3.8) is 0 Å². The lowest BCUT2D eigenvalue weighted by atomic mass is 9.98. The van der Waals surface area contributed by atoms with Crippen LogP contribution in [0.15, 0.2) is 54.6 Å². The minimum atomic E-state index is 0.748. The molecule has 0 atom stereocenters. The molecule has 0 saturated heterocycles. The number of hydrogen-bond acceptors (Lipinski definition) is 3. The third kappa shape index (κ3) is 3.64. The van der Waals surface area contributed by atoms with E-state index in [2.05, 4.69) is 54.3 Å². The molecule has 0 N–H and O–H groups in total. The van der Waals surface area contributed by atoms with Crippen LogP contribution in [0.4, 0.5) is 0 Å². The molecule has 132 valence electrons. The first-order valence-electron chi connectivity index (χ1n) is 9.14. The fourth-order valence-corrected chi connectivity index (χ4v) is 3.63. The summed E-state index contributed by atoms with van der Waals surface area (Å²) in [6.45, 7) is 4.97. The summed E-state index contributed by atoms with van der Waals surface area (Å²) in [6, 6.07) is 18.6. The predicted octanol–water partition coefficient (Wildman–Crippen LogP) is 4.92. The average Bonchev–Trinajstić information content (AvgIpc) is 2.68. The van der Waals surface area contributed by atoms with Crippen LogP contribution < -0.4 is 0 Å². The molecular weight excluding hydrogens is 342 g/mol. The molecular formula is C22H22ClN3. The van der Waals surface area contributed by atoms with E-state index in [1.54, 1.807) is 0 Å². The molecule has 3 nitrogen and oxygen atoms in total. The monoisotopic (exact) mass is 363 g/mol. The van der Waals surface area contributed by atoms with Gasteiger partial charge in [0.25, 0.3) is 0 Å². The van der Waals surface area contributed by atoms with Gasteiger partial charge in [0.1, 0.15) is 5.82 Å². The summed E-state index contributed by atoms with van der Waals surface area (Å²) < 4.78 is 0. The lowest BCUT2D eigenvalue weighted by Gasteiger charge is -2.29. The van der Waals surface area contributed by atoms with Gasteiger partial charge in [-0.05, 0) is 17.7 Å². The van der Waals surface area contributed by atoms with Gasteiger partial charge in [-0.25, -0.2) is 9.97 Å². The summed E-state index contributed by atoms with van der Waals surface area (Å²) in [6.07, 6.45) is 1.82. The number of nitrogens with zero attached hydrogens (tertiary/aromatic N) is 3. The van der Waals surface area contributed by atoms with E-state index in [0.717, 1.165) is 54.6 Å². The summed E-state index contributed by atoms with van der Waals surface area (Å²) in [4.78, 5) is 12.2. The van der Waals surface area contributed by atoms with Crippen LogP contribution in [0.2, 0.25) is 5.02 Å². The molecule has 0 amide bonds. The molecule has 4 heteroatoms. The Morgan fingerprint density at radius 1 is 1.00 bits per heavy atom. The fourth-order valence-electron chi connectivity index (χ4n) is 3.50. The van der Waals surface area contributed by atoms with Crippen LogP contribution in [-0.2, 0) is 25.9 Å². The highest BCUT2D eigenvalue weighted by Gasteiger charge is 2.23. The third-order valence-electron chi connectivity index (χ3n) is 4.87. The SMILES string of the molecule is CCc1nc2c(c(-c3ccc(Cl)cc3)n1)CN(Cc1ccccc1)CC2. The van der Waals surface area contributed by atoms with Crippen molar-refractivity contribution in [2.45, 2.75) is 32.9 Å². The van der Waals surface area contributed by atoms with Crippen LogP contribution in [0.3, 0.4) is 0 Å². The van der Waals surface area contributed by atoms with Gasteiger partial charge in [-0.1, -0.05) is 61.0 Å². The number of aromatic nitrogens is 2. The molecule has 0 radical (unpaired) electrons. The number of rotatable bonds is 4. The molecule has 1 aliphatic rings. The molecule has 2 aromatic carbocycles. The second kappa shape index (κ2) is 7.56. The first-order chi connectivity index (χ1) is 12.7. The van der Waals surface area contributed by atoms with Crippen molar-refractivity contribution in [2.24, 2.45) is 0 Å². The smallest absolute Gasteiger partial charge is 0.129 e. The van der Waals surface area contributed by atoms with Crippen molar-refractivity contribution in [3.05, 3.63) is 82.3 Å². The van der Waals surface area contributed by atoms with Crippen LogP contribution in [0.1, 0.15) is 29.6 Å². The maximum atomic E-state index is 6.07. The Morgan fingerprint density at radius 3 is 2.50 bits per heavy atom. The highest BCUT2D eigenvalue weighted by atomic mass is 35.5. The van der Waals surface area contributed by atoms with Gasteiger partial charge in [-0.2, -0.15) is 0 Å². The highest BCUT2D eigenvalue weighted by Crippen LogP contribution is 2.29. The number of halogens is 1. The van der Waals surface area contributed by atoms with E-state index in [4.69, 9.17) is 21.6 Å². The minimum Gasteiger partial charge on any atom is -0.294 e. The highest BCUT2D eigenvalue weighted by molar-refractivity contribution is 6.30. The Morgan fingerprint density at radius 2 is 1.77 bits per heavy atom. The maximum absolute atomic E-state index is 6.07. The van der Waals surface area contributed by atoms with Gasteiger partial charge < -0.3 is 0 Å². The van der Waals surface area contributed by atoms with Gasteiger partial charge in [-0.15, -0.1) is 0 Å². The summed E-state index contributed by atoms with van der Waals surface area (Å²) in [5, 5.41) is 0.748. The average molecular weight is 364 g/mol. The minimum absolute atomic E-state index is 0.748. The largest absolute Gasteiger partial charge is 0.294 e. The molecule has 26 heavy (non-hydrogen) atoms. The molecule has 0 spiro atoms. The van der Waals surface area contributed by atoms with E-state index < -0.39 is 0 Å². The molecule has 3 aromatic rings. The van der Waals surface area contributed by atoms with Gasteiger partial charge >= 0.3 is 0 Å². The first kappa shape index (κ1) is 17.2. The number of hydrogen-bond donors (Lipinski definition) is 0. The van der Waals surface area contributed by atoms with Crippen molar-refractivity contribution >= 4 is 11.6 Å². The quantitative estimate of drug-likeness (QED) is 0.659. The Balaban J connectivity index is 1.69. The van der Waals surface area contributed by atoms with Gasteiger partial charge in [-0.3, -0.25) is 4.90 Å². The van der Waals surface area contributed by atoms with E-state index >= 15 is 0 Å². The van der Waals surface area contributed by atoms with Crippen LogP contribution in [0.5, 0.6) is 0 Å². The molecule has 0 bridgehead atoms. The zero-order valence-electron chi connectivity index (χ0n) is 15.0. The second-order valence-electron chi connectivity index (χ2n) is 6.72. The zero-order valence-corrected chi connectivity index (χ0v) is 15.7. The lowest BCUT2D eigenvalue weighted by molar-refractivity contribution is 0.243. The van der Waals surface area contributed by atoms with Gasteiger partial charge in [0, 0.05) is 48.6 Å². The molecule has 1 aromatic heterocycles. The van der Waals surface area contributed by atoms with Gasteiger partial charge in [0.15, 0.2) is 0 Å². The Labute approximate surface area is 159 Å². The molecule has 1 aliphatic heterocycles. The molecule has 0 fully saturated rings. The summed E-state index contributed by atoms with van der Waals surface area (Å²) in [5.41, 5.74) is 5.97. The normalized spacial score (nSPS) is 14.2. The van der Waals surface area contributed by atoms with E-state index in [0.29, 0.717) is 0 Å². The van der Waals surface area contributed by atoms with Crippen LogP contribution in [0.25, 0.3) is 11.3 Å². The van der Waals surface area contributed by atoms with E-state index in [-0.39, 0.29) is 0 Å². The maximum Gasteiger partial charge on any atom is 0.129 e. The molecule has 2 heterocycles. The second-order valence-corrected chi connectivity index (χ2v) is 7.16. The zero-order chi connectivity index (χ0) is 17.9. The van der Waals surface area contributed by atoms with E-state index in [1.807, 2.05) is 12.1 Å². The molecule has 0 saturated carbocycles. The number of fused-ring (bicyclic) bond motifs is 1. The van der Waals surface area contributed by atoms with Crippen molar-refractivity contribution in [1.29, 1.82) is 0 Å². The Bertz CT molecular complexity index is 891. The summed E-state index contributed by atoms with van der Waals surface area (Å²) in [7, 11) is 0. The topological polar surface area (TPSA) is 29.0 Å². The lowest BCUT2D eigenvalue weighted by Crippen LogP contribution is -2.31. The van der Waals surface area contributed by atoms with E-state index in [1.165, 1.54) is 16.8 Å². The van der Waals surface area contributed by atoms with Gasteiger partial charge in [0.05, 0.1) is 11.4 Å². The molecule has 0 unspecified atom stereocenters.